The molecule has 6 heteroatoms. The third kappa shape index (κ3) is 3.28. The van der Waals surface area contributed by atoms with E-state index in [-0.39, 0.29) is 0 Å². The van der Waals surface area contributed by atoms with Crippen LogP contribution in [-0.4, -0.2) is 50.3 Å². The molecule has 4 nitrogen and oxygen atoms in total. The molecule has 0 atom stereocenters. The van der Waals surface area contributed by atoms with Gasteiger partial charge in [-0.05, 0) is 24.2 Å². The fraction of sp³-hybridized carbons (Fsp3) is 0.538. The van der Waals surface area contributed by atoms with Gasteiger partial charge in [0.15, 0.2) is 0 Å². The Bertz CT molecular complexity index is 525. The SMILES string of the molecule is CCN1CCN(S(=O)(=O)c2cccc(CCl)c2)CC1. The van der Waals surface area contributed by atoms with Crippen molar-refractivity contribution >= 4 is 21.6 Å². The van der Waals surface area contributed by atoms with Crippen molar-refractivity contribution in [2.24, 2.45) is 0 Å². The predicted octanol–water partition coefficient (Wildman–Crippen LogP) is 1.75. The van der Waals surface area contributed by atoms with Crippen LogP contribution in [0.2, 0.25) is 0 Å². The Balaban J connectivity index is 2.18. The molecular formula is C13H19ClN2O2S. The van der Waals surface area contributed by atoms with Gasteiger partial charge < -0.3 is 4.90 Å². The molecule has 1 fully saturated rings. The molecule has 2 rings (SSSR count). The van der Waals surface area contributed by atoms with Crippen LogP contribution in [0.5, 0.6) is 0 Å². The van der Waals surface area contributed by atoms with E-state index in [4.69, 9.17) is 11.6 Å². The Morgan fingerprint density at radius 1 is 1.21 bits per heavy atom. The van der Waals surface area contributed by atoms with E-state index in [0.717, 1.165) is 25.2 Å². The molecule has 0 saturated carbocycles. The molecule has 1 aromatic carbocycles. The second-order valence-electron chi connectivity index (χ2n) is 4.62. The highest BCUT2D eigenvalue weighted by Crippen LogP contribution is 2.19. The number of rotatable bonds is 4. The molecule has 1 aromatic rings. The molecule has 0 N–H and O–H groups in total. The maximum atomic E-state index is 12.5. The van der Waals surface area contributed by atoms with Gasteiger partial charge in [-0.15, -0.1) is 11.6 Å². The molecule has 0 unspecified atom stereocenters. The molecule has 0 radical (unpaired) electrons. The van der Waals surface area contributed by atoms with Crippen LogP contribution in [0.25, 0.3) is 0 Å². The first-order valence-corrected chi connectivity index (χ1v) is 8.43. The minimum Gasteiger partial charge on any atom is -0.301 e. The number of alkyl halides is 1. The zero-order valence-corrected chi connectivity index (χ0v) is 12.6. The van der Waals surface area contributed by atoms with Gasteiger partial charge in [-0.2, -0.15) is 4.31 Å². The summed E-state index contributed by atoms with van der Waals surface area (Å²) in [6.45, 7) is 5.77. The summed E-state index contributed by atoms with van der Waals surface area (Å²) in [6.07, 6.45) is 0. The standard InChI is InChI=1S/C13H19ClN2O2S/c1-2-15-6-8-16(9-7-15)19(17,18)13-5-3-4-12(10-13)11-14/h3-5,10H,2,6-9,11H2,1H3. The largest absolute Gasteiger partial charge is 0.301 e. The third-order valence-corrected chi connectivity index (χ3v) is 5.67. The lowest BCUT2D eigenvalue weighted by atomic mass is 10.2. The van der Waals surface area contributed by atoms with Crippen molar-refractivity contribution < 1.29 is 8.42 Å². The van der Waals surface area contributed by atoms with Crippen LogP contribution in [0.4, 0.5) is 0 Å². The van der Waals surface area contributed by atoms with Gasteiger partial charge in [-0.3, -0.25) is 0 Å². The zero-order valence-electron chi connectivity index (χ0n) is 11.0. The number of hydrogen-bond acceptors (Lipinski definition) is 3. The van der Waals surface area contributed by atoms with Gasteiger partial charge in [-0.1, -0.05) is 19.1 Å². The number of halogens is 1. The Kier molecular flexibility index (Phi) is 4.84. The van der Waals surface area contributed by atoms with Gasteiger partial charge in [0, 0.05) is 32.1 Å². The van der Waals surface area contributed by atoms with E-state index in [1.165, 1.54) is 0 Å². The first-order valence-electron chi connectivity index (χ1n) is 6.45. The Hall–Kier alpha value is -0.620. The highest BCUT2D eigenvalue weighted by molar-refractivity contribution is 7.89. The van der Waals surface area contributed by atoms with Gasteiger partial charge in [-0.25, -0.2) is 8.42 Å². The summed E-state index contributed by atoms with van der Waals surface area (Å²) in [5, 5.41) is 0. The topological polar surface area (TPSA) is 40.6 Å². The predicted molar refractivity (Wildman–Crippen MR) is 76.9 cm³/mol. The molecule has 0 aliphatic carbocycles. The van der Waals surface area contributed by atoms with Crippen LogP contribution >= 0.6 is 11.6 Å². The Morgan fingerprint density at radius 2 is 1.89 bits per heavy atom. The van der Waals surface area contributed by atoms with Crippen molar-refractivity contribution in [1.29, 1.82) is 0 Å². The maximum absolute atomic E-state index is 12.5. The highest BCUT2D eigenvalue weighted by Gasteiger charge is 2.27. The lowest BCUT2D eigenvalue weighted by molar-refractivity contribution is 0.196. The summed E-state index contributed by atoms with van der Waals surface area (Å²) in [4.78, 5) is 2.59. The van der Waals surface area contributed by atoms with Crippen LogP contribution < -0.4 is 0 Å². The van der Waals surface area contributed by atoms with E-state index < -0.39 is 10.0 Å². The smallest absolute Gasteiger partial charge is 0.243 e. The highest BCUT2D eigenvalue weighted by atomic mass is 35.5. The maximum Gasteiger partial charge on any atom is 0.243 e. The average Bonchev–Trinajstić information content (AvgIpc) is 2.47. The number of likely N-dealkylation sites (N-methyl/N-ethyl adjacent to an activating group) is 1. The van der Waals surface area contributed by atoms with Crippen molar-refractivity contribution in [2.75, 3.05) is 32.7 Å². The van der Waals surface area contributed by atoms with Gasteiger partial charge in [0.2, 0.25) is 10.0 Å². The van der Waals surface area contributed by atoms with Gasteiger partial charge in [0.25, 0.3) is 0 Å². The minimum atomic E-state index is -3.38. The molecule has 0 aromatic heterocycles. The van der Waals surface area contributed by atoms with Crippen molar-refractivity contribution in [1.82, 2.24) is 9.21 Å². The number of benzene rings is 1. The van der Waals surface area contributed by atoms with E-state index in [1.807, 2.05) is 6.07 Å². The number of sulfonamides is 1. The van der Waals surface area contributed by atoms with Crippen LogP contribution in [0, 0.1) is 0 Å². The lowest BCUT2D eigenvalue weighted by Crippen LogP contribution is -2.48. The normalized spacial score (nSPS) is 18.6. The molecule has 0 spiro atoms. The molecular weight excluding hydrogens is 284 g/mol. The molecule has 1 aliphatic rings. The van der Waals surface area contributed by atoms with Crippen molar-refractivity contribution in [2.45, 2.75) is 17.7 Å². The lowest BCUT2D eigenvalue weighted by Gasteiger charge is -2.33. The third-order valence-electron chi connectivity index (χ3n) is 3.47. The van der Waals surface area contributed by atoms with Crippen molar-refractivity contribution in [3.8, 4) is 0 Å². The summed E-state index contributed by atoms with van der Waals surface area (Å²) in [5.74, 6) is 0.326. The van der Waals surface area contributed by atoms with Crippen molar-refractivity contribution in [3.05, 3.63) is 29.8 Å². The summed E-state index contributed by atoms with van der Waals surface area (Å²) < 4.78 is 26.6. The fourth-order valence-corrected chi connectivity index (χ4v) is 3.88. The van der Waals surface area contributed by atoms with Crippen LogP contribution in [0.1, 0.15) is 12.5 Å². The van der Waals surface area contributed by atoms with Crippen LogP contribution in [0.3, 0.4) is 0 Å². The first kappa shape index (κ1) is 14.8. The van der Waals surface area contributed by atoms with E-state index >= 15 is 0 Å². The quantitative estimate of drug-likeness (QED) is 0.796. The van der Waals surface area contributed by atoms with E-state index in [1.54, 1.807) is 22.5 Å². The Labute approximate surface area is 120 Å². The number of hydrogen-bond donors (Lipinski definition) is 0. The first-order chi connectivity index (χ1) is 9.07. The summed E-state index contributed by atoms with van der Waals surface area (Å²) in [5.41, 5.74) is 0.829. The molecule has 1 heterocycles. The molecule has 0 amide bonds. The van der Waals surface area contributed by atoms with Gasteiger partial charge >= 0.3 is 0 Å². The second-order valence-corrected chi connectivity index (χ2v) is 6.82. The molecule has 1 saturated heterocycles. The number of piperazine rings is 1. The van der Waals surface area contributed by atoms with E-state index in [2.05, 4.69) is 11.8 Å². The van der Waals surface area contributed by atoms with Crippen LogP contribution in [-0.2, 0) is 15.9 Å². The molecule has 106 valence electrons. The second kappa shape index (κ2) is 6.22. The summed E-state index contributed by atoms with van der Waals surface area (Å²) >= 11 is 5.76. The number of nitrogens with zero attached hydrogens (tertiary/aromatic N) is 2. The minimum absolute atomic E-state index is 0.326. The average molecular weight is 303 g/mol. The summed E-state index contributed by atoms with van der Waals surface area (Å²) in [7, 11) is -3.38. The van der Waals surface area contributed by atoms with Crippen molar-refractivity contribution in [3.63, 3.8) is 0 Å². The Morgan fingerprint density at radius 3 is 2.47 bits per heavy atom. The summed E-state index contributed by atoms with van der Waals surface area (Å²) in [6, 6.07) is 6.88. The molecule has 19 heavy (non-hydrogen) atoms. The fourth-order valence-electron chi connectivity index (χ4n) is 2.22. The van der Waals surface area contributed by atoms with Crippen LogP contribution in [0.15, 0.2) is 29.2 Å². The molecule has 0 bridgehead atoms. The monoisotopic (exact) mass is 302 g/mol. The molecule has 1 aliphatic heterocycles. The van der Waals surface area contributed by atoms with Gasteiger partial charge in [0.1, 0.15) is 0 Å². The van der Waals surface area contributed by atoms with E-state index in [9.17, 15) is 8.42 Å². The van der Waals surface area contributed by atoms with Gasteiger partial charge in [0.05, 0.1) is 4.90 Å². The zero-order chi connectivity index (χ0) is 13.9. The van der Waals surface area contributed by atoms with E-state index in [0.29, 0.717) is 23.9 Å².